The number of nitrogens with one attached hydrogen (secondary N) is 1. The first kappa shape index (κ1) is 18.4. The molecule has 0 fully saturated rings. The quantitative estimate of drug-likeness (QED) is 0.686. The molecule has 0 saturated heterocycles. The van der Waals surface area contributed by atoms with E-state index in [0.29, 0.717) is 18.0 Å². The van der Waals surface area contributed by atoms with Crippen LogP contribution in [-0.4, -0.2) is 15.5 Å². The summed E-state index contributed by atoms with van der Waals surface area (Å²) >= 11 is 3.40. The van der Waals surface area contributed by atoms with E-state index in [1.807, 2.05) is 39.0 Å². The minimum atomic E-state index is -0.382. The van der Waals surface area contributed by atoms with Gasteiger partial charge in [0.1, 0.15) is 17.5 Å². The Kier molecular flexibility index (Phi) is 5.00. The molecule has 0 radical (unpaired) electrons. The fourth-order valence-electron chi connectivity index (χ4n) is 2.89. The zero-order valence-corrected chi connectivity index (χ0v) is 16.7. The lowest BCUT2D eigenvalue weighted by molar-refractivity contribution is 0.102. The SMILES string of the molecule is Cc1cc(Br)ccc1NC(=O)c1c(C)oc2ncn(CC(C)C)c(=O)c12. The number of hydrogen-bond acceptors (Lipinski definition) is 4. The number of hydrogen-bond donors (Lipinski definition) is 1. The van der Waals surface area contributed by atoms with Gasteiger partial charge < -0.3 is 9.73 Å². The molecule has 136 valence electrons. The van der Waals surface area contributed by atoms with Crippen LogP contribution in [0.4, 0.5) is 5.69 Å². The summed E-state index contributed by atoms with van der Waals surface area (Å²) in [5.41, 5.74) is 1.74. The minimum absolute atomic E-state index is 0.185. The molecule has 2 heterocycles. The van der Waals surface area contributed by atoms with Gasteiger partial charge in [0.15, 0.2) is 0 Å². The number of nitrogens with zero attached hydrogens (tertiary/aromatic N) is 2. The van der Waals surface area contributed by atoms with Gasteiger partial charge in [-0.25, -0.2) is 4.98 Å². The van der Waals surface area contributed by atoms with Crippen molar-refractivity contribution >= 4 is 38.6 Å². The molecule has 7 heteroatoms. The molecule has 0 atom stereocenters. The summed E-state index contributed by atoms with van der Waals surface area (Å²) in [4.78, 5) is 29.9. The molecule has 0 spiro atoms. The van der Waals surface area contributed by atoms with Crippen molar-refractivity contribution < 1.29 is 9.21 Å². The maximum atomic E-state index is 12.9. The summed E-state index contributed by atoms with van der Waals surface area (Å²) in [6.07, 6.45) is 1.47. The van der Waals surface area contributed by atoms with Crippen molar-refractivity contribution in [3.8, 4) is 0 Å². The third-order valence-electron chi connectivity index (χ3n) is 4.08. The summed E-state index contributed by atoms with van der Waals surface area (Å²) in [6.45, 7) is 8.12. The molecule has 1 aromatic carbocycles. The smallest absolute Gasteiger partial charge is 0.265 e. The van der Waals surface area contributed by atoms with Gasteiger partial charge in [0.25, 0.3) is 11.5 Å². The number of furan rings is 1. The zero-order valence-electron chi connectivity index (χ0n) is 15.1. The number of fused-ring (bicyclic) bond motifs is 1. The summed E-state index contributed by atoms with van der Waals surface area (Å²) in [5.74, 6) is 0.273. The third-order valence-corrected chi connectivity index (χ3v) is 4.57. The van der Waals surface area contributed by atoms with Gasteiger partial charge in [0.05, 0.1) is 5.56 Å². The molecule has 0 aliphatic heterocycles. The second-order valence-electron chi connectivity index (χ2n) is 6.72. The summed E-state index contributed by atoms with van der Waals surface area (Å²) in [5, 5.41) is 3.08. The Bertz CT molecular complexity index is 1050. The molecule has 1 N–H and O–H groups in total. The predicted octanol–water partition coefficient (Wildman–Crippen LogP) is 4.28. The molecule has 6 nitrogen and oxygen atoms in total. The van der Waals surface area contributed by atoms with Crippen LogP contribution in [0.15, 0.2) is 38.2 Å². The fraction of sp³-hybridized carbons (Fsp3) is 0.316. The highest BCUT2D eigenvalue weighted by molar-refractivity contribution is 9.10. The molecule has 1 amide bonds. The van der Waals surface area contributed by atoms with Crippen molar-refractivity contribution in [1.29, 1.82) is 0 Å². The molecular weight excluding hydrogens is 398 g/mol. The Labute approximate surface area is 159 Å². The van der Waals surface area contributed by atoms with Crippen molar-refractivity contribution in [3.05, 3.63) is 56.2 Å². The van der Waals surface area contributed by atoms with E-state index < -0.39 is 0 Å². The fourth-order valence-corrected chi connectivity index (χ4v) is 3.36. The number of anilines is 1. The second-order valence-corrected chi connectivity index (χ2v) is 7.64. The Hall–Kier alpha value is -2.41. The molecule has 3 rings (SSSR count). The number of rotatable bonds is 4. The summed E-state index contributed by atoms with van der Waals surface area (Å²) < 4.78 is 8.00. The van der Waals surface area contributed by atoms with E-state index in [1.54, 1.807) is 6.92 Å². The highest BCUT2D eigenvalue weighted by Gasteiger charge is 2.23. The first-order valence-corrected chi connectivity index (χ1v) is 9.13. The van der Waals surface area contributed by atoms with Gasteiger partial charge in [-0.2, -0.15) is 0 Å². The predicted molar refractivity (Wildman–Crippen MR) is 105 cm³/mol. The van der Waals surface area contributed by atoms with Crippen molar-refractivity contribution in [3.63, 3.8) is 0 Å². The van der Waals surface area contributed by atoms with Crippen LogP contribution in [0, 0.1) is 19.8 Å². The largest absolute Gasteiger partial charge is 0.442 e. The van der Waals surface area contributed by atoms with Gasteiger partial charge in [-0.3, -0.25) is 14.2 Å². The topological polar surface area (TPSA) is 77.1 Å². The Morgan fingerprint density at radius 1 is 1.35 bits per heavy atom. The van der Waals surface area contributed by atoms with E-state index in [-0.39, 0.29) is 34.0 Å². The first-order valence-electron chi connectivity index (χ1n) is 8.34. The lowest BCUT2D eigenvalue weighted by Crippen LogP contribution is -2.24. The van der Waals surface area contributed by atoms with Gasteiger partial charge in [0.2, 0.25) is 5.71 Å². The standard InChI is InChI=1S/C19H20BrN3O3/c1-10(2)8-23-9-21-18-16(19(23)25)15(12(4)26-18)17(24)22-14-6-5-13(20)7-11(14)3/h5-7,9-10H,8H2,1-4H3,(H,22,24). The molecule has 0 saturated carbocycles. The van der Waals surface area contributed by atoms with Crippen LogP contribution >= 0.6 is 15.9 Å². The summed E-state index contributed by atoms with van der Waals surface area (Å²) in [7, 11) is 0. The van der Waals surface area contributed by atoms with Crippen molar-refractivity contribution in [2.45, 2.75) is 34.2 Å². The maximum absolute atomic E-state index is 12.9. The van der Waals surface area contributed by atoms with Crippen LogP contribution in [-0.2, 0) is 6.54 Å². The average Bonchev–Trinajstić information content (AvgIpc) is 2.89. The highest BCUT2D eigenvalue weighted by Crippen LogP contribution is 2.24. The Morgan fingerprint density at radius 3 is 2.73 bits per heavy atom. The van der Waals surface area contributed by atoms with Crippen LogP contribution in [0.1, 0.15) is 35.5 Å². The van der Waals surface area contributed by atoms with E-state index in [9.17, 15) is 9.59 Å². The molecule has 0 unspecified atom stereocenters. The first-order chi connectivity index (χ1) is 12.3. The van der Waals surface area contributed by atoms with E-state index in [1.165, 1.54) is 10.9 Å². The van der Waals surface area contributed by atoms with E-state index in [2.05, 4.69) is 26.2 Å². The number of aromatic nitrogens is 2. The van der Waals surface area contributed by atoms with Crippen LogP contribution < -0.4 is 10.9 Å². The minimum Gasteiger partial charge on any atom is -0.442 e. The van der Waals surface area contributed by atoms with E-state index >= 15 is 0 Å². The number of aryl methyl sites for hydroxylation is 2. The number of amides is 1. The Morgan fingerprint density at radius 2 is 2.08 bits per heavy atom. The van der Waals surface area contributed by atoms with E-state index in [4.69, 9.17) is 4.42 Å². The van der Waals surface area contributed by atoms with Crippen LogP contribution in [0.2, 0.25) is 0 Å². The number of benzene rings is 1. The van der Waals surface area contributed by atoms with Crippen molar-refractivity contribution in [2.24, 2.45) is 5.92 Å². The second kappa shape index (κ2) is 7.07. The molecule has 26 heavy (non-hydrogen) atoms. The van der Waals surface area contributed by atoms with Crippen molar-refractivity contribution in [2.75, 3.05) is 5.32 Å². The Balaban J connectivity index is 2.07. The summed E-state index contributed by atoms with van der Waals surface area (Å²) in [6, 6.07) is 5.57. The van der Waals surface area contributed by atoms with Crippen LogP contribution in [0.25, 0.3) is 11.1 Å². The highest BCUT2D eigenvalue weighted by atomic mass is 79.9. The van der Waals surface area contributed by atoms with Crippen LogP contribution in [0.5, 0.6) is 0 Å². The van der Waals surface area contributed by atoms with Gasteiger partial charge in [-0.05, 0) is 43.5 Å². The van der Waals surface area contributed by atoms with Gasteiger partial charge in [-0.15, -0.1) is 0 Å². The molecular formula is C19H20BrN3O3. The lowest BCUT2D eigenvalue weighted by Gasteiger charge is -2.09. The lowest BCUT2D eigenvalue weighted by atomic mass is 10.1. The average molecular weight is 418 g/mol. The maximum Gasteiger partial charge on any atom is 0.265 e. The third kappa shape index (κ3) is 3.44. The normalized spacial score (nSPS) is 11.3. The van der Waals surface area contributed by atoms with Crippen LogP contribution in [0.3, 0.4) is 0 Å². The number of carbonyl (C=O) groups excluding carboxylic acids is 1. The molecule has 2 aromatic heterocycles. The molecule has 0 aliphatic carbocycles. The number of halogens is 1. The number of carbonyl (C=O) groups is 1. The molecule has 0 aliphatic rings. The monoisotopic (exact) mass is 417 g/mol. The van der Waals surface area contributed by atoms with Gasteiger partial charge in [0, 0.05) is 16.7 Å². The van der Waals surface area contributed by atoms with Gasteiger partial charge in [-0.1, -0.05) is 29.8 Å². The van der Waals surface area contributed by atoms with Crippen molar-refractivity contribution in [1.82, 2.24) is 9.55 Å². The zero-order chi connectivity index (χ0) is 19.0. The van der Waals surface area contributed by atoms with E-state index in [0.717, 1.165) is 10.0 Å². The van der Waals surface area contributed by atoms with Gasteiger partial charge >= 0.3 is 0 Å². The molecule has 0 bridgehead atoms. The molecule has 3 aromatic rings.